The van der Waals surface area contributed by atoms with Gasteiger partial charge in [0.25, 0.3) is 0 Å². The molecule has 2 aliphatic heterocycles. The third-order valence-electron chi connectivity index (χ3n) is 5.05. The molecule has 0 aliphatic carbocycles. The highest BCUT2D eigenvalue weighted by molar-refractivity contribution is 7.91. The van der Waals surface area contributed by atoms with Gasteiger partial charge in [0.15, 0.2) is 9.84 Å². The molecule has 1 N–H and O–H groups in total. The Bertz CT molecular complexity index is 987. The smallest absolute Gasteiger partial charge is 0.416 e. The van der Waals surface area contributed by atoms with Crippen LogP contribution < -0.4 is 5.32 Å². The van der Waals surface area contributed by atoms with Crippen LogP contribution in [0, 0.1) is 0 Å². The molecule has 1 fully saturated rings. The number of benzene rings is 1. The molecule has 2 heterocycles. The number of nitrogens with zero attached hydrogens (tertiary/aromatic N) is 1. The molecule has 1 aromatic rings. The lowest BCUT2D eigenvalue weighted by molar-refractivity contribution is -0.137. The van der Waals surface area contributed by atoms with E-state index in [9.17, 15) is 31.2 Å². The zero-order valence-corrected chi connectivity index (χ0v) is 16.4. The van der Waals surface area contributed by atoms with Crippen LogP contribution in [0.4, 0.5) is 18.0 Å². The van der Waals surface area contributed by atoms with E-state index in [4.69, 9.17) is 4.74 Å². The average molecular weight is 432 g/mol. The second-order valence-electron chi connectivity index (χ2n) is 6.92. The van der Waals surface area contributed by atoms with E-state index in [0.717, 1.165) is 19.2 Å². The molecule has 29 heavy (non-hydrogen) atoms. The highest BCUT2D eigenvalue weighted by Gasteiger charge is 2.43. The summed E-state index contributed by atoms with van der Waals surface area (Å²) in [7, 11) is -2.19. The predicted molar refractivity (Wildman–Crippen MR) is 96.3 cm³/mol. The lowest BCUT2D eigenvalue weighted by Gasteiger charge is -2.38. The molecule has 158 valence electrons. The number of carbonyl (C=O) groups excluding carboxylic acids is 2. The van der Waals surface area contributed by atoms with E-state index in [1.165, 1.54) is 24.0 Å². The first-order valence-electron chi connectivity index (χ1n) is 8.71. The Morgan fingerprint density at radius 2 is 2.00 bits per heavy atom. The Balaban J connectivity index is 2.08. The van der Waals surface area contributed by atoms with Gasteiger partial charge in [0.2, 0.25) is 0 Å². The van der Waals surface area contributed by atoms with Crippen molar-refractivity contribution < 1.29 is 35.9 Å². The van der Waals surface area contributed by atoms with E-state index >= 15 is 0 Å². The molecule has 0 bridgehead atoms. The number of allylic oxidation sites excluding steroid dienone is 1. The molecule has 1 saturated heterocycles. The largest absolute Gasteiger partial charge is 0.466 e. The molecule has 0 aromatic heterocycles. The molecule has 11 heteroatoms. The minimum absolute atomic E-state index is 0.0456. The number of ether oxygens (including phenoxy) is 1. The number of nitrogens with one attached hydrogen (secondary N) is 1. The summed E-state index contributed by atoms with van der Waals surface area (Å²) in [6.07, 6.45) is -4.39. The normalized spacial score (nSPS) is 24.4. The topological polar surface area (TPSA) is 92.8 Å². The number of hydrogen-bond donors (Lipinski definition) is 1. The fraction of sp³-hybridized carbons (Fsp3) is 0.444. The summed E-state index contributed by atoms with van der Waals surface area (Å²) in [6.45, 7) is 1.45. The molecule has 3 rings (SSSR count). The molecule has 2 aliphatic rings. The van der Waals surface area contributed by atoms with E-state index in [-0.39, 0.29) is 34.8 Å². The number of hydrogen-bond acceptors (Lipinski definition) is 5. The van der Waals surface area contributed by atoms with Gasteiger partial charge in [-0.3, -0.25) is 4.90 Å². The van der Waals surface area contributed by atoms with Gasteiger partial charge in [0, 0.05) is 5.70 Å². The van der Waals surface area contributed by atoms with Gasteiger partial charge in [-0.05, 0) is 31.0 Å². The maximum Gasteiger partial charge on any atom is 0.416 e. The van der Waals surface area contributed by atoms with E-state index < -0.39 is 45.7 Å². The van der Waals surface area contributed by atoms with Gasteiger partial charge in [-0.25, -0.2) is 18.0 Å². The maximum absolute atomic E-state index is 13.1. The summed E-state index contributed by atoms with van der Waals surface area (Å²) in [4.78, 5) is 26.4. The van der Waals surface area contributed by atoms with Crippen molar-refractivity contribution in [1.29, 1.82) is 0 Å². The summed E-state index contributed by atoms with van der Waals surface area (Å²) in [5.41, 5.74) is -0.747. The third-order valence-corrected chi connectivity index (χ3v) is 6.80. The molecule has 0 spiro atoms. The number of methoxy groups -OCH3 is 1. The van der Waals surface area contributed by atoms with Crippen LogP contribution in [0.25, 0.3) is 0 Å². The molecule has 2 atom stereocenters. The number of esters is 1. The molecule has 0 radical (unpaired) electrons. The first-order valence-corrected chi connectivity index (χ1v) is 10.5. The highest BCUT2D eigenvalue weighted by Crippen LogP contribution is 2.36. The van der Waals surface area contributed by atoms with Crippen molar-refractivity contribution in [3.63, 3.8) is 0 Å². The van der Waals surface area contributed by atoms with Crippen molar-refractivity contribution in [2.75, 3.05) is 18.6 Å². The van der Waals surface area contributed by atoms with Gasteiger partial charge in [-0.15, -0.1) is 0 Å². The Kier molecular flexibility index (Phi) is 5.37. The van der Waals surface area contributed by atoms with Crippen LogP contribution in [0.5, 0.6) is 0 Å². The summed E-state index contributed by atoms with van der Waals surface area (Å²) < 4.78 is 67.7. The van der Waals surface area contributed by atoms with Crippen LogP contribution in [0.1, 0.15) is 30.5 Å². The van der Waals surface area contributed by atoms with Crippen molar-refractivity contribution >= 4 is 21.8 Å². The summed E-state index contributed by atoms with van der Waals surface area (Å²) >= 11 is 0. The van der Waals surface area contributed by atoms with Gasteiger partial charge in [0.1, 0.15) is 0 Å². The summed E-state index contributed by atoms with van der Waals surface area (Å²) in [6, 6.07) is 1.79. The maximum atomic E-state index is 13.1. The van der Waals surface area contributed by atoms with Crippen molar-refractivity contribution in [3.8, 4) is 0 Å². The molecular formula is C18H19F3N2O5S. The van der Waals surface area contributed by atoms with Crippen LogP contribution in [-0.4, -0.2) is 50.0 Å². The highest BCUT2D eigenvalue weighted by atomic mass is 32.2. The SMILES string of the molecule is COC(=O)C1=C(C)N([C@H]2CCS(=O)(=O)C2)C(=O)N[C@@H]1c1cccc(C(F)(F)F)c1. The van der Waals surface area contributed by atoms with Gasteiger partial charge in [-0.1, -0.05) is 12.1 Å². The van der Waals surface area contributed by atoms with Crippen LogP contribution in [-0.2, 0) is 25.5 Å². The molecule has 2 amide bonds. The second-order valence-corrected chi connectivity index (χ2v) is 9.15. The average Bonchev–Trinajstić information content (AvgIpc) is 2.99. The molecule has 0 unspecified atom stereocenters. The van der Waals surface area contributed by atoms with E-state index in [0.29, 0.717) is 0 Å². The second kappa shape index (κ2) is 7.36. The predicted octanol–water partition coefficient (Wildman–Crippen LogP) is 2.41. The number of urea groups is 1. The van der Waals surface area contributed by atoms with Gasteiger partial charge in [-0.2, -0.15) is 13.2 Å². The first-order chi connectivity index (χ1) is 13.4. The third kappa shape index (κ3) is 4.09. The standard InChI is InChI=1S/C18H19F3N2O5S/c1-10-14(16(24)28-2)15(11-4-3-5-12(8-11)18(19,20)21)22-17(25)23(10)13-6-7-29(26,27)9-13/h3-5,8,13,15H,6-7,9H2,1-2H3,(H,22,25)/t13-,15+/m0/s1. The monoisotopic (exact) mass is 432 g/mol. The molecule has 1 aromatic carbocycles. The van der Waals surface area contributed by atoms with Crippen molar-refractivity contribution in [2.45, 2.75) is 31.6 Å². The van der Waals surface area contributed by atoms with Gasteiger partial charge < -0.3 is 10.1 Å². The van der Waals surface area contributed by atoms with Crippen molar-refractivity contribution in [2.24, 2.45) is 0 Å². The molecular weight excluding hydrogens is 413 g/mol. The number of sulfone groups is 1. The summed E-state index contributed by atoms with van der Waals surface area (Å²) in [5, 5.41) is 2.53. The van der Waals surface area contributed by atoms with E-state index in [1.54, 1.807) is 0 Å². The first kappa shape index (κ1) is 21.2. The van der Waals surface area contributed by atoms with Gasteiger partial charge in [0.05, 0.1) is 41.8 Å². The number of halogens is 3. The van der Waals surface area contributed by atoms with Crippen LogP contribution in [0.15, 0.2) is 35.5 Å². The fourth-order valence-electron chi connectivity index (χ4n) is 3.69. The molecule has 0 saturated carbocycles. The minimum Gasteiger partial charge on any atom is -0.466 e. The number of rotatable bonds is 3. The van der Waals surface area contributed by atoms with Crippen molar-refractivity contribution in [3.05, 3.63) is 46.7 Å². The minimum atomic E-state index is -4.59. The lowest BCUT2D eigenvalue weighted by atomic mass is 9.93. The Hall–Kier alpha value is -2.56. The van der Waals surface area contributed by atoms with Crippen LogP contribution in [0.2, 0.25) is 0 Å². The van der Waals surface area contributed by atoms with E-state index in [1.807, 2.05) is 0 Å². The van der Waals surface area contributed by atoms with E-state index in [2.05, 4.69) is 5.32 Å². The van der Waals surface area contributed by atoms with Crippen LogP contribution in [0.3, 0.4) is 0 Å². The van der Waals surface area contributed by atoms with Crippen molar-refractivity contribution in [1.82, 2.24) is 10.2 Å². The number of carbonyl (C=O) groups is 2. The fourth-order valence-corrected chi connectivity index (χ4v) is 5.39. The quantitative estimate of drug-likeness (QED) is 0.741. The molecule has 7 nitrogen and oxygen atoms in total. The zero-order chi connectivity index (χ0) is 21.6. The number of amides is 2. The Morgan fingerprint density at radius 3 is 2.55 bits per heavy atom. The zero-order valence-electron chi connectivity index (χ0n) is 15.6. The lowest BCUT2D eigenvalue weighted by Crippen LogP contribution is -2.52. The van der Waals surface area contributed by atoms with Gasteiger partial charge >= 0.3 is 18.2 Å². The number of alkyl halides is 3. The summed E-state index contributed by atoms with van der Waals surface area (Å²) in [5.74, 6) is -1.16. The Morgan fingerprint density at radius 1 is 1.31 bits per heavy atom. The van der Waals surface area contributed by atoms with Crippen LogP contribution >= 0.6 is 0 Å². The Labute approximate surface area is 165 Å².